The quantitative estimate of drug-likeness (QED) is 0.677. The Morgan fingerprint density at radius 3 is 2.50 bits per heavy atom. The van der Waals surface area contributed by atoms with Crippen molar-refractivity contribution in [2.75, 3.05) is 4.72 Å². The highest BCUT2D eigenvalue weighted by Gasteiger charge is 2.15. The standard InChI is InChI=1S/C15H16N2O4S/c1-11-5-3-8-15(12(11)2)16-22(20,21)10-13-6-4-7-14(9-13)17(18)19/h3-9,16H,10H2,1-2H3. The van der Waals surface area contributed by atoms with Gasteiger partial charge in [-0.3, -0.25) is 14.8 Å². The predicted molar refractivity (Wildman–Crippen MR) is 85.3 cm³/mol. The molecule has 0 bridgehead atoms. The second kappa shape index (κ2) is 6.15. The number of non-ortho nitro benzene ring substituents is 1. The van der Waals surface area contributed by atoms with Crippen molar-refractivity contribution < 1.29 is 13.3 Å². The number of nitro benzene ring substituents is 1. The van der Waals surface area contributed by atoms with Crippen molar-refractivity contribution in [1.82, 2.24) is 0 Å². The lowest BCUT2D eigenvalue weighted by Crippen LogP contribution is -2.16. The number of nitrogens with zero attached hydrogens (tertiary/aromatic N) is 1. The van der Waals surface area contributed by atoms with Crippen LogP contribution in [0.1, 0.15) is 16.7 Å². The van der Waals surface area contributed by atoms with Crippen molar-refractivity contribution in [1.29, 1.82) is 0 Å². The zero-order chi connectivity index (χ0) is 16.3. The molecule has 6 nitrogen and oxygen atoms in total. The highest BCUT2D eigenvalue weighted by molar-refractivity contribution is 7.91. The van der Waals surface area contributed by atoms with Crippen molar-refractivity contribution in [2.45, 2.75) is 19.6 Å². The van der Waals surface area contributed by atoms with E-state index in [0.717, 1.165) is 11.1 Å². The molecule has 0 saturated heterocycles. The molecule has 7 heteroatoms. The molecule has 0 aliphatic rings. The van der Waals surface area contributed by atoms with E-state index in [-0.39, 0.29) is 11.4 Å². The van der Waals surface area contributed by atoms with Gasteiger partial charge in [0.15, 0.2) is 0 Å². The summed E-state index contributed by atoms with van der Waals surface area (Å²) >= 11 is 0. The van der Waals surface area contributed by atoms with Crippen LogP contribution in [-0.4, -0.2) is 13.3 Å². The Labute approximate surface area is 129 Å². The first-order chi connectivity index (χ1) is 10.3. The fraction of sp³-hybridized carbons (Fsp3) is 0.200. The van der Waals surface area contributed by atoms with Gasteiger partial charge in [-0.25, -0.2) is 8.42 Å². The molecular weight excluding hydrogens is 304 g/mol. The Balaban J connectivity index is 2.23. The number of nitro groups is 1. The number of sulfonamides is 1. The monoisotopic (exact) mass is 320 g/mol. The molecule has 2 aromatic rings. The first-order valence-electron chi connectivity index (χ1n) is 6.58. The number of rotatable bonds is 5. The Morgan fingerprint density at radius 2 is 1.82 bits per heavy atom. The van der Waals surface area contributed by atoms with Crippen molar-refractivity contribution in [3.05, 3.63) is 69.3 Å². The van der Waals surface area contributed by atoms with E-state index in [0.29, 0.717) is 11.3 Å². The number of hydrogen-bond donors (Lipinski definition) is 1. The van der Waals surface area contributed by atoms with Crippen molar-refractivity contribution in [3.63, 3.8) is 0 Å². The lowest BCUT2D eigenvalue weighted by Gasteiger charge is -2.12. The van der Waals surface area contributed by atoms with E-state index < -0.39 is 14.9 Å². The van der Waals surface area contributed by atoms with Crippen LogP contribution in [0.4, 0.5) is 11.4 Å². The number of aryl methyl sites for hydroxylation is 1. The van der Waals surface area contributed by atoms with Gasteiger partial charge >= 0.3 is 0 Å². The maximum atomic E-state index is 12.2. The molecule has 2 rings (SSSR count). The topological polar surface area (TPSA) is 89.3 Å². The minimum Gasteiger partial charge on any atom is -0.283 e. The van der Waals surface area contributed by atoms with E-state index in [1.165, 1.54) is 18.2 Å². The fourth-order valence-electron chi connectivity index (χ4n) is 2.04. The molecule has 0 heterocycles. The summed E-state index contributed by atoms with van der Waals surface area (Å²) in [7, 11) is -3.64. The molecule has 0 aliphatic heterocycles. The second-order valence-electron chi connectivity index (χ2n) is 5.04. The third-order valence-electron chi connectivity index (χ3n) is 3.35. The minimum absolute atomic E-state index is 0.126. The maximum Gasteiger partial charge on any atom is 0.269 e. The molecule has 0 radical (unpaired) electrons. The van der Waals surface area contributed by atoms with Crippen LogP contribution in [0.15, 0.2) is 42.5 Å². The molecule has 0 aromatic heterocycles. The largest absolute Gasteiger partial charge is 0.283 e. The van der Waals surface area contributed by atoms with Gasteiger partial charge in [0.1, 0.15) is 0 Å². The molecule has 0 spiro atoms. The summed E-state index contributed by atoms with van der Waals surface area (Å²) in [5, 5.41) is 10.7. The van der Waals surface area contributed by atoms with Gasteiger partial charge in [0, 0.05) is 12.1 Å². The van der Waals surface area contributed by atoms with Gasteiger partial charge in [0.05, 0.1) is 16.4 Å². The van der Waals surface area contributed by atoms with E-state index in [4.69, 9.17) is 0 Å². The van der Waals surface area contributed by atoms with Crippen LogP contribution >= 0.6 is 0 Å². The summed E-state index contributed by atoms with van der Waals surface area (Å²) in [6.45, 7) is 3.73. The predicted octanol–water partition coefficient (Wildman–Crippen LogP) is 3.15. The molecule has 0 amide bonds. The third-order valence-corrected chi connectivity index (χ3v) is 4.59. The van der Waals surface area contributed by atoms with Gasteiger partial charge < -0.3 is 0 Å². The molecule has 0 saturated carbocycles. The summed E-state index contributed by atoms with van der Waals surface area (Å²) in [6.07, 6.45) is 0. The second-order valence-corrected chi connectivity index (χ2v) is 6.76. The lowest BCUT2D eigenvalue weighted by atomic mass is 10.1. The molecule has 22 heavy (non-hydrogen) atoms. The SMILES string of the molecule is Cc1cccc(NS(=O)(=O)Cc2cccc([N+](=O)[O-])c2)c1C. The Kier molecular flexibility index (Phi) is 4.46. The average Bonchev–Trinajstić information content (AvgIpc) is 2.43. The zero-order valence-corrected chi connectivity index (χ0v) is 13.1. The summed E-state index contributed by atoms with van der Waals surface area (Å²) in [4.78, 5) is 10.2. The van der Waals surface area contributed by atoms with Crippen molar-refractivity contribution in [2.24, 2.45) is 0 Å². The Hall–Kier alpha value is -2.41. The molecule has 2 aromatic carbocycles. The smallest absolute Gasteiger partial charge is 0.269 e. The molecule has 116 valence electrons. The number of hydrogen-bond acceptors (Lipinski definition) is 4. The van der Waals surface area contributed by atoms with Crippen LogP contribution in [-0.2, 0) is 15.8 Å². The van der Waals surface area contributed by atoms with Gasteiger partial charge in [-0.05, 0) is 36.6 Å². The maximum absolute atomic E-state index is 12.2. The minimum atomic E-state index is -3.64. The zero-order valence-electron chi connectivity index (χ0n) is 12.2. The third kappa shape index (κ3) is 3.82. The van der Waals surface area contributed by atoms with Crippen LogP contribution in [0.5, 0.6) is 0 Å². The fourth-order valence-corrected chi connectivity index (χ4v) is 3.29. The van der Waals surface area contributed by atoms with Crippen LogP contribution in [0.3, 0.4) is 0 Å². The number of anilines is 1. The van der Waals surface area contributed by atoms with E-state index >= 15 is 0 Å². The van der Waals surface area contributed by atoms with Gasteiger partial charge in [0.2, 0.25) is 10.0 Å². The lowest BCUT2D eigenvalue weighted by molar-refractivity contribution is -0.384. The van der Waals surface area contributed by atoms with Gasteiger partial charge in [-0.15, -0.1) is 0 Å². The highest BCUT2D eigenvalue weighted by Crippen LogP contribution is 2.21. The normalized spacial score (nSPS) is 11.2. The summed E-state index contributed by atoms with van der Waals surface area (Å²) < 4.78 is 27.0. The summed E-state index contributed by atoms with van der Waals surface area (Å²) in [6, 6.07) is 11.0. The van der Waals surface area contributed by atoms with Crippen LogP contribution in [0.25, 0.3) is 0 Å². The van der Waals surface area contributed by atoms with Gasteiger partial charge in [-0.1, -0.05) is 24.3 Å². The molecule has 1 N–H and O–H groups in total. The van der Waals surface area contributed by atoms with Gasteiger partial charge in [0.25, 0.3) is 5.69 Å². The first kappa shape index (κ1) is 16.0. The van der Waals surface area contributed by atoms with Gasteiger partial charge in [-0.2, -0.15) is 0 Å². The van der Waals surface area contributed by atoms with E-state index in [9.17, 15) is 18.5 Å². The molecule has 0 aliphatic carbocycles. The molecule has 0 unspecified atom stereocenters. The number of benzene rings is 2. The average molecular weight is 320 g/mol. The van der Waals surface area contributed by atoms with E-state index in [2.05, 4.69) is 4.72 Å². The summed E-state index contributed by atoms with van der Waals surface area (Å²) in [5.74, 6) is -0.317. The van der Waals surface area contributed by atoms with Crippen LogP contribution < -0.4 is 4.72 Å². The van der Waals surface area contributed by atoms with Crippen LogP contribution in [0, 0.1) is 24.0 Å². The van der Waals surface area contributed by atoms with E-state index in [1.807, 2.05) is 19.9 Å². The first-order valence-corrected chi connectivity index (χ1v) is 8.24. The highest BCUT2D eigenvalue weighted by atomic mass is 32.2. The van der Waals surface area contributed by atoms with Crippen molar-refractivity contribution in [3.8, 4) is 0 Å². The molecular formula is C15H16N2O4S. The van der Waals surface area contributed by atoms with E-state index in [1.54, 1.807) is 18.2 Å². The number of nitrogens with one attached hydrogen (secondary N) is 1. The van der Waals surface area contributed by atoms with Crippen molar-refractivity contribution >= 4 is 21.4 Å². The Bertz CT molecular complexity index is 816. The molecule has 0 fully saturated rings. The molecule has 0 atom stereocenters. The van der Waals surface area contributed by atoms with Crippen LogP contribution in [0.2, 0.25) is 0 Å². The Morgan fingerprint density at radius 1 is 1.14 bits per heavy atom. The summed E-state index contributed by atoms with van der Waals surface area (Å²) in [5.41, 5.74) is 2.59.